The highest BCUT2D eigenvalue weighted by atomic mass is 16.2. The van der Waals surface area contributed by atoms with Gasteiger partial charge in [-0.2, -0.15) is 0 Å². The van der Waals surface area contributed by atoms with Gasteiger partial charge in [-0.1, -0.05) is 60.7 Å². The van der Waals surface area contributed by atoms with E-state index in [9.17, 15) is 14.4 Å². The molecule has 29 heavy (non-hydrogen) atoms. The molecule has 1 aliphatic carbocycles. The van der Waals surface area contributed by atoms with E-state index in [4.69, 9.17) is 0 Å². The van der Waals surface area contributed by atoms with Crippen molar-refractivity contribution in [3.63, 3.8) is 0 Å². The summed E-state index contributed by atoms with van der Waals surface area (Å²) in [5.41, 5.74) is 2.65. The summed E-state index contributed by atoms with van der Waals surface area (Å²) in [4.78, 5) is 40.4. The average molecular weight is 386 g/mol. The van der Waals surface area contributed by atoms with Gasteiger partial charge in [-0.3, -0.25) is 14.4 Å². The monoisotopic (exact) mass is 386 g/mol. The van der Waals surface area contributed by atoms with Crippen LogP contribution in [0.4, 0.5) is 0 Å². The predicted molar refractivity (Wildman–Crippen MR) is 111 cm³/mol. The molecule has 0 unspecified atom stereocenters. The first-order valence-electron chi connectivity index (χ1n) is 9.81. The van der Waals surface area contributed by atoms with Crippen LogP contribution in [0, 0.1) is 0 Å². The number of H-pyrrole nitrogens is 1. The molecule has 3 aromatic rings. The largest absolute Gasteiger partial charge is 0.345 e. The van der Waals surface area contributed by atoms with Gasteiger partial charge < -0.3 is 10.3 Å². The molecule has 1 heterocycles. The van der Waals surface area contributed by atoms with E-state index in [-0.39, 0.29) is 17.4 Å². The molecular weight excluding hydrogens is 364 g/mol. The molecule has 0 fully saturated rings. The molecule has 146 valence electrons. The van der Waals surface area contributed by atoms with E-state index in [1.54, 1.807) is 0 Å². The molecule has 5 nitrogen and oxygen atoms in total. The minimum atomic E-state index is -0.475. The topological polar surface area (TPSA) is 79.0 Å². The van der Waals surface area contributed by atoms with Gasteiger partial charge in [0.25, 0.3) is 11.5 Å². The number of benzene rings is 2. The highest BCUT2D eigenvalue weighted by molar-refractivity contribution is 6.01. The summed E-state index contributed by atoms with van der Waals surface area (Å²) in [5.74, 6) is -0.502. The number of aryl methyl sites for hydroxylation is 1. The fourth-order valence-corrected chi connectivity index (χ4v) is 3.77. The van der Waals surface area contributed by atoms with E-state index in [0.29, 0.717) is 30.5 Å². The summed E-state index contributed by atoms with van der Waals surface area (Å²) < 4.78 is 0. The van der Waals surface area contributed by atoms with Gasteiger partial charge in [0.2, 0.25) is 0 Å². The van der Waals surface area contributed by atoms with Gasteiger partial charge in [-0.05, 0) is 36.5 Å². The molecule has 0 radical (unpaired) electrons. The molecule has 0 bridgehead atoms. The van der Waals surface area contributed by atoms with Crippen LogP contribution in [0.15, 0.2) is 71.5 Å². The zero-order valence-corrected chi connectivity index (χ0v) is 16.0. The number of fused-ring (bicyclic) bond motifs is 1. The first-order valence-corrected chi connectivity index (χ1v) is 9.81. The van der Waals surface area contributed by atoms with Crippen molar-refractivity contribution in [1.29, 1.82) is 0 Å². The number of rotatable bonds is 5. The van der Waals surface area contributed by atoms with Crippen molar-refractivity contribution in [3.05, 3.63) is 105 Å². The van der Waals surface area contributed by atoms with Crippen LogP contribution in [-0.4, -0.2) is 16.7 Å². The zero-order valence-electron chi connectivity index (χ0n) is 16.0. The lowest BCUT2D eigenvalue weighted by Crippen LogP contribution is -2.35. The third-order valence-corrected chi connectivity index (χ3v) is 5.29. The minimum Gasteiger partial charge on any atom is -0.345 e. The van der Waals surface area contributed by atoms with Gasteiger partial charge in [0.1, 0.15) is 5.56 Å². The summed E-state index contributed by atoms with van der Waals surface area (Å²) in [5, 5.41) is 2.99. The summed E-state index contributed by atoms with van der Waals surface area (Å²) in [6.07, 6.45) is 2.42. The maximum atomic E-state index is 13.0. The fourth-order valence-electron chi connectivity index (χ4n) is 3.77. The highest BCUT2D eigenvalue weighted by Crippen LogP contribution is 2.21. The van der Waals surface area contributed by atoms with Gasteiger partial charge >= 0.3 is 0 Å². The first-order chi connectivity index (χ1) is 14.1. The number of amides is 1. The molecule has 0 saturated heterocycles. The second-order valence-electron chi connectivity index (χ2n) is 7.31. The Morgan fingerprint density at radius 3 is 2.38 bits per heavy atom. The molecule has 1 atom stereocenters. The Bertz CT molecular complexity index is 1090. The van der Waals surface area contributed by atoms with E-state index in [0.717, 1.165) is 17.5 Å². The number of carbonyl (C=O) groups is 2. The van der Waals surface area contributed by atoms with Gasteiger partial charge in [0.15, 0.2) is 5.78 Å². The lowest BCUT2D eigenvalue weighted by atomic mass is 9.93. The molecule has 1 aliphatic rings. The average Bonchev–Trinajstić information content (AvgIpc) is 2.74. The number of carbonyl (C=O) groups excluding carboxylic acids is 2. The van der Waals surface area contributed by atoms with Crippen LogP contribution in [0.3, 0.4) is 0 Å². The van der Waals surface area contributed by atoms with Crippen LogP contribution < -0.4 is 10.9 Å². The number of hydrogen-bond acceptors (Lipinski definition) is 3. The maximum Gasteiger partial charge on any atom is 0.261 e. The Balaban J connectivity index is 1.64. The quantitative estimate of drug-likeness (QED) is 0.703. The molecule has 5 heteroatoms. The standard InChI is InChI=1S/C24H22N2O3/c27-22-13-7-12-20-18(22)15-19(23(28)25-20)24(29)26-21(17-10-5-2-6-11-17)14-16-8-3-1-4-9-16/h1-6,8-11,15,21H,7,12-14H2,(H,25,28)(H,26,29)/t21-/m1/s1. The van der Waals surface area contributed by atoms with Crippen LogP contribution in [0.2, 0.25) is 0 Å². The Morgan fingerprint density at radius 2 is 1.66 bits per heavy atom. The Hall–Kier alpha value is -3.47. The summed E-state index contributed by atoms with van der Waals surface area (Å²) in [7, 11) is 0. The van der Waals surface area contributed by atoms with E-state index in [1.165, 1.54) is 6.07 Å². The van der Waals surface area contributed by atoms with Crippen molar-refractivity contribution in [2.75, 3.05) is 0 Å². The second-order valence-corrected chi connectivity index (χ2v) is 7.31. The number of ketones is 1. The number of aromatic nitrogens is 1. The molecule has 1 amide bonds. The van der Waals surface area contributed by atoms with Crippen molar-refractivity contribution in [3.8, 4) is 0 Å². The SMILES string of the molecule is O=C1CCCc2[nH]c(=O)c(C(=O)N[C@H](Cc3ccccc3)c3ccccc3)cc21. The van der Waals surface area contributed by atoms with Crippen LogP contribution >= 0.6 is 0 Å². The lowest BCUT2D eigenvalue weighted by molar-refractivity contribution is 0.0935. The van der Waals surface area contributed by atoms with Gasteiger partial charge in [0.05, 0.1) is 6.04 Å². The van der Waals surface area contributed by atoms with Crippen molar-refractivity contribution < 1.29 is 9.59 Å². The van der Waals surface area contributed by atoms with Crippen molar-refractivity contribution in [1.82, 2.24) is 10.3 Å². The van der Waals surface area contributed by atoms with Crippen LogP contribution in [0.5, 0.6) is 0 Å². The predicted octanol–water partition coefficient (Wildman–Crippen LogP) is 3.61. The first kappa shape index (κ1) is 18.9. The Kier molecular flexibility index (Phi) is 5.38. The third kappa shape index (κ3) is 4.19. The third-order valence-electron chi connectivity index (χ3n) is 5.29. The number of Topliss-reactive ketones (excluding diaryl/α,β-unsaturated/α-hetero) is 1. The Labute approximate surface area is 168 Å². The van der Waals surface area contributed by atoms with Gasteiger partial charge in [0, 0.05) is 17.7 Å². The van der Waals surface area contributed by atoms with Crippen molar-refractivity contribution in [2.24, 2.45) is 0 Å². The van der Waals surface area contributed by atoms with Crippen molar-refractivity contribution in [2.45, 2.75) is 31.7 Å². The maximum absolute atomic E-state index is 13.0. The molecule has 4 rings (SSSR count). The van der Waals surface area contributed by atoms with Crippen molar-refractivity contribution >= 4 is 11.7 Å². The molecule has 2 N–H and O–H groups in total. The molecule has 0 aliphatic heterocycles. The molecule has 1 aromatic heterocycles. The number of pyridine rings is 1. The van der Waals surface area contributed by atoms with Gasteiger partial charge in [-0.25, -0.2) is 0 Å². The zero-order chi connectivity index (χ0) is 20.2. The number of aromatic amines is 1. The highest BCUT2D eigenvalue weighted by Gasteiger charge is 2.24. The fraction of sp³-hybridized carbons (Fsp3) is 0.208. The number of hydrogen-bond donors (Lipinski definition) is 2. The molecule has 0 spiro atoms. The van der Waals surface area contributed by atoms with E-state index in [2.05, 4.69) is 10.3 Å². The summed E-state index contributed by atoms with van der Waals surface area (Å²) in [6.45, 7) is 0. The van der Waals surface area contributed by atoms with E-state index in [1.807, 2.05) is 60.7 Å². The van der Waals surface area contributed by atoms with E-state index >= 15 is 0 Å². The van der Waals surface area contributed by atoms with E-state index < -0.39 is 11.5 Å². The lowest BCUT2D eigenvalue weighted by Gasteiger charge is -2.20. The molecule has 2 aromatic carbocycles. The van der Waals surface area contributed by atoms with Crippen LogP contribution in [0.1, 0.15) is 56.4 Å². The minimum absolute atomic E-state index is 0.0204. The summed E-state index contributed by atoms with van der Waals surface area (Å²) in [6, 6.07) is 20.7. The smallest absolute Gasteiger partial charge is 0.261 e. The van der Waals surface area contributed by atoms with Gasteiger partial charge in [-0.15, -0.1) is 0 Å². The van der Waals surface area contributed by atoms with Crippen LogP contribution in [0.25, 0.3) is 0 Å². The van der Waals surface area contributed by atoms with Crippen LogP contribution in [-0.2, 0) is 12.8 Å². The Morgan fingerprint density at radius 1 is 0.966 bits per heavy atom. The molecular formula is C24H22N2O3. The normalized spacial score (nSPS) is 14.1. The second kappa shape index (κ2) is 8.27. The number of nitrogens with one attached hydrogen (secondary N) is 2. The molecule has 0 saturated carbocycles. The summed E-state index contributed by atoms with van der Waals surface area (Å²) >= 11 is 0.